The van der Waals surface area contributed by atoms with Gasteiger partial charge in [-0.1, -0.05) is 60.7 Å². The van der Waals surface area contributed by atoms with E-state index in [1.165, 1.54) is 0 Å². The fraction of sp³-hybridized carbons (Fsp3) is 0.208. The number of benzene rings is 3. The standard InChI is InChI=1S/C24H26N2O2S/c1-27-17-16-25-24(29)26(22-10-6-3-7-11-22)18-20-12-14-23(15-13-20)28-19-21-8-4-2-5-9-21/h2-15H,16-19H2,1H3,(H,25,29). The first-order valence-electron chi connectivity index (χ1n) is 9.61. The minimum absolute atomic E-state index is 0.559. The van der Waals surface area contributed by atoms with E-state index in [1.807, 2.05) is 48.5 Å². The van der Waals surface area contributed by atoms with Crippen LogP contribution in [0.25, 0.3) is 0 Å². The van der Waals surface area contributed by atoms with Crippen LogP contribution in [0.5, 0.6) is 5.75 Å². The molecule has 29 heavy (non-hydrogen) atoms. The van der Waals surface area contributed by atoms with Gasteiger partial charge in [-0.2, -0.15) is 0 Å². The lowest BCUT2D eigenvalue weighted by atomic mass is 10.2. The molecule has 0 aliphatic carbocycles. The summed E-state index contributed by atoms with van der Waals surface area (Å²) < 4.78 is 11.0. The number of hydrogen-bond acceptors (Lipinski definition) is 3. The second-order valence-corrected chi connectivity index (χ2v) is 6.95. The van der Waals surface area contributed by atoms with Crippen LogP contribution in [-0.2, 0) is 17.9 Å². The van der Waals surface area contributed by atoms with E-state index < -0.39 is 0 Å². The number of methoxy groups -OCH3 is 1. The highest BCUT2D eigenvalue weighted by Crippen LogP contribution is 2.20. The molecule has 0 saturated heterocycles. The normalized spacial score (nSPS) is 10.4. The van der Waals surface area contributed by atoms with Gasteiger partial charge in [0.05, 0.1) is 13.2 Å². The predicted octanol–water partition coefficient (Wildman–Crippen LogP) is 4.79. The molecule has 5 heteroatoms. The molecule has 0 fully saturated rings. The number of thiocarbonyl (C=S) groups is 1. The third kappa shape index (κ3) is 6.59. The number of nitrogens with zero attached hydrogens (tertiary/aromatic N) is 1. The Morgan fingerprint density at radius 3 is 2.17 bits per heavy atom. The molecule has 0 aliphatic rings. The van der Waals surface area contributed by atoms with Crippen molar-refractivity contribution in [3.8, 4) is 5.75 Å². The minimum Gasteiger partial charge on any atom is -0.489 e. The van der Waals surface area contributed by atoms with Crippen molar-refractivity contribution in [2.24, 2.45) is 0 Å². The number of hydrogen-bond donors (Lipinski definition) is 1. The van der Waals surface area contributed by atoms with Gasteiger partial charge in [0.25, 0.3) is 0 Å². The minimum atomic E-state index is 0.559. The van der Waals surface area contributed by atoms with Crippen molar-refractivity contribution in [1.82, 2.24) is 5.32 Å². The van der Waals surface area contributed by atoms with Crippen LogP contribution in [0.15, 0.2) is 84.9 Å². The SMILES string of the molecule is COCCNC(=S)N(Cc1ccc(OCc2ccccc2)cc1)c1ccccc1. The summed E-state index contributed by atoms with van der Waals surface area (Å²) in [7, 11) is 1.68. The maximum Gasteiger partial charge on any atom is 0.173 e. The Morgan fingerprint density at radius 2 is 1.52 bits per heavy atom. The first-order valence-corrected chi connectivity index (χ1v) is 10.0. The number of anilines is 1. The van der Waals surface area contributed by atoms with Gasteiger partial charge >= 0.3 is 0 Å². The van der Waals surface area contributed by atoms with Gasteiger partial charge in [-0.25, -0.2) is 0 Å². The fourth-order valence-electron chi connectivity index (χ4n) is 2.86. The molecule has 0 aromatic heterocycles. The van der Waals surface area contributed by atoms with E-state index in [2.05, 4.69) is 46.6 Å². The van der Waals surface area contributed by atoms with Gasteiger partial charge in [-0.15, -0.1) is 0 Å². The van der Waals surface area contributed by atoms with E-state index >= 15 is 0 Å². The van der Waals surface area contributed by atoms with Gasteiger partial charge in [0.15, 0.2) is 5.11 Å². The largest absolute Gasteiger partial charge is 0.489 e. The molecule has 0 unspecified atom stereocenters. The Bertz CT molecular complexity index is 870. The quantitative estimate of drug-likeness (QED) is 0.408. The number of nitrogens with one attached hydrogen (secondary N) is 1. The monoisotopic (exact) mass is 406 g/mol. The molecule has 3 rings (SSSR count). The topological polar surface area (TPSA) is 33.7 Å². The van der Waals surface area contributed by atoms with Gasteiger partial charge in [0.2, 0.25) is 0 Å². The summed E-state index contributed by atoms with van der Waals surface area (Å²) in [5.74, 6) is 0.852. The van der Waals surface area contributed by atoms with Crippen molar-refractivity contribution in [3.05, 3.63) is 96.1 Å². The maximum absolute atomic E-state index is 5.88. The second kappa shape index (κ2) is 11.2. The van der Waals surface area contributed by atoms with Crippen LogP contribution in [0.3, 0.4) is 0 Å². The molecular weight excluding hydrogens is 380 g/mol. The molecule has 0 aliphatic heterocycles. The van der Waals surface area contributed by atoms with Crippen molar-refractivity contribution in [2.75, 3.05) is 25.2 Å². The summed E-state index contributed by atoms with van der Waals surface area (Å²) in [6.45, 7) is 2.51. The lowest BCUT2D eigenvalue weighted by molar-refractivity contribution is 0.204. The molecule has 0 atom stereocenters. The average molecular weight is 407 g/mol. The maximum atomic E-state index is 5.88. The Kier molecular flexibility index (Phi) is 8.04. The lowest BCUT2D eigenvalue weighted by Crippen LogP contribution is -2.40. The smallest absolute Gasteiger partial charge is 0.173 e. The van der Waals surface area contributed by atoms with Gasteiger partial charge in [-0.05, 0) is 47.6 Å². The van der Waals surface area contributed by atoms with Crippen LogP contribution in [-0.4, -0.2) is 25.4 Å². The average Bonchev–Trinajstić information content (AvgIpc) is 2.78. The van der Waals surface area contributed by atoms with Crippen LogP contribution >= 0.6 is 12.2 Å². The predicted molar refractivity (Wildman–Crippen MR) is 122 cm³/mol. The molecule has 0 amide bonds. The van der Waals surface area contributed by atoms with Crippen LogP contribution in [0, 0.1) is 0 Å². The summed E-state index contributed by atoms with van der Waals surface area (Å²) >= 11 is 5.63. The molecule has 0 bridgehead atoms. The molecule has 150 valence electrons. The van der Waals surface area contributed by atoms with Crippen molar-refractivity contribution in [2.45, 2.75) is 13.2 Å². The van der Waals surface area contributed by atoms with Gasteiger partial charge in [0, 0.05) is 19.3 Å². The summed E-state index contributed by atoms with van der Waals surface area (Å²) in [5, 5.41) is 3.94. The molecule has 3 aromatic rings. The van der Waals surface area contributed by atoms with Crippen LogP contribution in [0.1, 0.15) is 11.1 Å². The number of para-hydroxylation sites is 1. The summed E-state index contributed by atoms with van der Waals surface area (Å²) in [4.78, 5) is 2.09. The zero-order valence-corrected chi connectivity index (χ0v) is 17.4. The number of ether oxygens (including phenoxy) is 2. The molecule has 0 spiro atoms. The van der Waals surface area contributed by atoms with Gasteiger partial charge < -0.3 is 19.7 Å². The van der Waals surface area contributed by atoms with Crippen molar-refractivity contribution < 1.29 is 9.47 Å². The van der Waals surface area contributed by atoms with E-state index in [0.717, 1.165) is 22.6 Å². The zero-order chi connectivity index (χ0) is 20.3. The highest BCUT2D eigenvalue weighted by molar-refractivity contribution is 7.80. The molecule has 0 saturated carbocycles. The Labute approximate surface area is 178 Å². The van der Waals surface area contributed by atoms with Crippen molar-refractivity contribution in [3.63, 3.8) is 0 Å². The van der Waals surface area contributed by atoms with Crippen molar-refractivity contribution >= 4 is 23.0 Å². The molecule has 0 heterocycles. The third-order valence-electron chi connectivity index (χ3n) is 4.41. The van der Waals surface area contributed by atoms with E-state index in [-0.39, 0.29) is 0 Å². The zero-order valence-electron chi connectivity index (χ0n) is 16.6. The van der Waals surface area contributed by atoms with Crippen LogP contribution in [0.2, 0.25) is 0 Å². The van der Waals surface area contributed by atoms with Crippen LogP contribution < -0.4 is 15.0 Å². The van der Waals surface area contributed by atoms with Crippen molar-refractivity contribution in [1.29, 1.82) is 0 Å². The van der Waals surface area contributed by atoms with E-state index in [1.54, 1.807) is 7.11 Å². The summed E-state index contributed by atoms with van der Waals surface area (Å²) in [5.41, 5.74) is 3.35. The number of rotatable bonds is 9. The van der Waals surface area contributed by atoms with Gasteiger partial charge in [0.1, 0.15) is 12.4 Å². The molecule has 0 radical (unpaired) electrons. The van der Waals surface area contributed by atoms with E-state index in [9.17, 15) is 0 Å². The first kappa shape index (κ1) is 20.8. The van der Waals surface area contributed by atoms with Crippen LogP contribution in [0.4, 0.5) is 5.69 Å². The lowest BCUT2D eigenvalue weighted by Gasteiger charge is -2.26. The second-order valence-electron chi connectivity index (χ2n) is 6.56. The van der Waals surface area contributed by atoms with E-state index in [0.29, 0.717) is 31.4 Å². The molecular formula is C24H26N2O2S. The summed E-state index contributed by atoms with van der Waals surface area (Å²) in [6, 6.07) is 28.5. The fourth-order valence-corrected chi connectivity index (χ4v) is 3.13. The Balaban J connectivity index is 1.64. The Morgan fingerprint density at radius 1 is 0.862 bits per heavy atom. The van der Waals surface area contributed by atoms with E-state index in [4.69, 9.17) is 21.7 Å². The molecule has 1 N–H and O–H groups in total. The Hall–Kier alpha value is -2.89. The molecule has 4 nitrogen and oxygen atoms in total. The first-order chi connectivity index (χ1) is 14.3. The highest BCUT2D eigenvalue weighted by atomic mass is 32.1. The summed E-state index contributed by atoms with van der Waals surface area (Å²) in [6.07, 6.45) is 0. The molecule has 3 aromatic carbocycles. The third-order valence-corrected chi connectivity index (χ3v) is 4.77. The van der Waals surface area contributed by atoms with Gasteiger partial charge in [-0.3, -0.25) is 0 Å². The highest BCUT2D eigenvalue weighted by Gasteiger charge is 2.12.